The van der Waals surface area contributed by atoms with Gasteiger partial charge < -0.3 is 15.8 Å². The molecule has 1 amide bonds. The molecule has 0 radical (unpaired) electrons. The fourth-order valence-electron chi connectivity index (χ4n) is 1.81. The van der Waals surface area contributed by atoms with Crippen LogP contribution in [0.2, 0.25) is 0 Å². The maximum atomic E-state index is 12.1. The molecule has 0 atom stereocenters. The molecule has 0 saturated heterocycles. The summed E-state index contributed by atoms with van der Waals surface area (Å²) in [6.07, 6.45) is 3.48. The molecule has 0 spiro atoms. The number of ether oxygens (including phenoxy) is 1. The second kappa shape index (κ2) is 6.06. The molecule has 0 unspecified atom stereocenters. The van der Waals surface area contributed by atoms with E-state index in [4.69, 9.17) is 10.5 Å². The van der Waals surface area contributed by atoms with Gasteiger partial charge in [0.25, 0.3) is 5.91 Å². The van der Waals surface area contributed by atoms with Gasteiger partial charge in [0.05, 0.1) is 12.8 Å². The molecule has 104 valence electrons. The average Bonchev–Trinajstić information content (AvgIpc) is 2.46. The number of aromatic nitrogens is 1. The number of aryl methyl sites for hydroxylation is 1. The second-order valence-electron chi connectivity index (χ2n) is 4.44. The third-order valence-electron chi connectivity index (χ3n) is 3.08. The van der Waals surface area contributed by atoms with E-state index in [1.165, 1.54) is 7.11 Å². The molecule has 0 fully saturated rings. The van der Waals surface area contributed by atoms with Crippen molar-refractivity contribution >= 4 is 11.6 Å². The lowest BCUT2D eigenvalue weighted by Crippen LogP contribution is -2.23. The Bertz CT molecular complexity index is 626. The number of nitrogen functional groups attached to an aromatic ring is 1. The van der Waals surface area contributed by atoms with E-state index in [1.54, 1.807) is 30.6 Å². The lowest BCUT2D eigenvalue weighted by Gasteiger charge is -2.09. The quantitative estimate of drug-likeness (QED) is 0.833. The molecule has 2 rings (SSSR count). The minimum Gasteiger partial charge on any atom is -0.495 e. The monoisotopic (exact) mass is 271 g/mol. The van der Waals surface area contributed by atoms with Crippen LogP contribution < -0.4 is 15.8 Å². The van der Waals surface area contributed by atoms with Gasteiger partial charge in [-0.1, -0.05) is 0 Å². The van der Waals surface area contributed by atoms with E-state index in [2.05, 4.69) is 10.3 Å². The summed E-state index contributed by atoms with van der Waals surface area (Å²) in [6.45, 7) is 2.42. The SMILES string of the molecule is COc1cc(C(=O)NCc2cnccc2C)ccc1N. The van der Waals surface area contributed by atoms with Crippen molar-refractivity contribution in [3.05, 3.63) is 53.3 Å². The zero-order valence-corrected chi connectivity index (χ0v) is 11.5. The van der Waals surface area contributed by atoms with Crippen LogP contribution >= 0.6 is 0 Å². The number of nitrogens with zero attached hydrogens (tertiary/aromatic N) is 1. The summed E-state index contributed by atoms with van der Waals surface area (Å²) < 4.78 is 5.10. The summed E-state index contributed by atoms with van der Waals surface area (Å²) in [5.41, 5.74) is 8.82. The van der Waals surface area contributed by atoms with Gasteiger partial charge in [0.1, 0.15) is 5.75 Å². The number of anilines is 1. The van der Waals surface area contributed by atoms with Crippen molar-refractivity contribution in [1.82, 2.24) is 10.3 Å². The molecule has 20 heavy (non-hydrogen) atoms. The van der Waals surface area contributed by atoms with Gasteiger partial charge in [0, 0.05) is 24.5 Å². The zero-order valence-electron chi connectivity index (χ0n) is 11.5. The van der Waals surface area contributed by atoms with Gasteiger partial charge >= 0.3 is 0 Å². The number of pyridine rings is 1. The van der Waals surface area contributed by atoms with Crippen LogP contribution in [0.5, 0.6) is 5.75 Å². The van der Waals surface area contributed by atoms with Crippen molar-refractivity contribution in [1.29, 1.82) is 0 Å². The number of nitrogens with two attached hydrogens (primary N) is 1. The first-order chi connectivity index (χ1) is 9.61. The van der Waals surface area contributed by atoms with Gasteiger partial charge in [-0.25, -0.2) is 0 Å². The van der Waals surface area contributed by atoms with Crippen LogP contribution in [-0.4, -0.2) is 18.0 Å². The maximum Gasteiger partial charge on any atom is 0.251 e. The van der Waals surface area contributed by atoms with E-state index >= 15 is 0 Å². The highest BCUT2D eigenvalue weighted by molar-refractivity contribution is 5.95. The van der Waals surface area contributed by atoms with Crippen molar-refractivity contribution in [2.24, 2.45) is 0 Å². The highest BCUT2D eigenvalue weighted by Gasteiger charge is 2.09. The lowest BCUT2D eigenvalue weighted by atomic mass is 10.1. The molecule has 5 heteroatoms. The topological polar surface area (TPSA) is 77.2 Å². The number of hydrogen-bond acceptors (Lipinski definition) is 4. The Labute approximate surface area is 117 Å². The van der Waals surface area contributed by atoms with E-state index in [1.807, 2.05) is 13.0 Å². The van der Waals surface area contributed by atoms with Crippen molar-refractivity contribution in [3.8, 4) is 5.75 Å². The van der Waals surface area contributed by atoms with Crippen molar-refractivity contribution in [3.63, 3.8) is 0 Å². The molecule has 0 aliphatic heterocycles. The van der Waals surface area contributed by atoms with Gasteiger partial charge in [0.15, 0.2) is 0 Å². The molecule has 0 bridgehead atoms. The average molecular weight is 271 g/mol. The second-order valence-corrected chi connectivity index (χ2v) is 4.44. The summed E-state index contributed by atoms with van der Waals surface area (Å²) in [6, 6.07) is 6.86. The maximum absolute atomic E-state index is 12.1. The van der Waals surface area contributed by atoms with Crippen molar-refractivity contribution < 1.29 is 9.53 Å². The van der Waals surface area contributed by atoms with Crippen molar-refractivity contribution in [2.75, 3.05) is 12.8 Å². The molecule has 0 aliphatic carbocycles. The third-order valence-corrected chi connectivity index (χ3v) is 3.08. The summed E-state index contributed by atoms with van der Waals surface area (Å²) in [4.78, 5) is 16.1. The van der Waals surface area contributed by atoms with E-state index in [0.29, 0.717) is 23.5 Å². The Hall–Kier alpha value is -2.56. The Balaban J connectivity index is 2.07. The number of hydrogen-bond donors (Lipinski definition) is 2. The Kier molecular flexibility index (Phi) is 4.20. The third kappa shape index (κ3) is 3.06. The first kappa shape index (κ1) is 13.9. The first-order valence-electron chi connectivity index (χ1n) is 6.23. The normalized spacial score (nSPS) is 10.1. The van der Waals surface area contributed by atoms with Crippen LogP contribution in [-0.2, 0) is 6.54 Å². The van der Waals surface area contributed by atoms with E-state index < -0.39 is 0 Å². The van der Waals surface area contributed by atoms with Crippen LogP contribution in [0.1, 0.15) is 21.5 Å². The highest BCUT2D eigenvalue weighted by atomic mass is 16.5. The van der Waals surface area contributed by atoms with Crippen LogP contribution in [0.3, 0.4) is 0 Å². The number of amides is 1. The Morgan fingerprint density at radius 1 is 1.40 bits per heavy atom. The molecular weight excluding hydrogens is 254 g/mol. The molecule has 5 nitrogen and oxygen atoms in total. The largest absolute Gasteiger partial charge is 0.495 e. The van der Waals surface area contributed by atoms with Crippen LogP contribution in [0, 0.1) is 6.92 Å². The molecule has 1 aromatic heterocycles. The van der Waals surface area contributed by atoms with E-state index in [0.717, 1.165) is 11.1 Å². The number of rotatable bonds is 4. The minimum atomic E-state index is -0.174. The van der Waals surface area contributed by atoms with Crippen LogP contribution in [0.15, 0.2) is 36.7 Å². The molecule has 1 heterocycles. The predicted octanol–water partition coefficient (Wildman–Crippen LogP) is 1.91. The Morgan fingerprint density at radius 3 is 2.90 bits per heavy atom. The van der Waals surface area contributed by atoms with E-state index in [9.17, 15) is 4.79 Å². The summed E-state index contributed by atoms with van der Waals surface area (Å²) in [5.74, 6) is 0.321. The smallest absolute Gasteiger partial charge is 0.251 e. The fraction of sp³-hybridized carbons (Fsp3) is 0.200. The summed E-state index contributed by atoms with van der Waals surface area (Å²) >= 11 is 0. The predicted molar refractivity (Wildman–Crippen MR) is 77.6 cm³/mol. The van der Waals surface area contributed by atoms with Crippen LogP contribution in [0.4, 0.5) is 5.69 Å². The molecule has 2 aromatic rings. The molecule has 0 aliphatic rings. The number of carbonyl (C=O) groups is 1. The summed E-state index contributed by atoms with van der Waals surface area (Å²) in [7, 11) is 1.52. The Morgan fingerprint density at radius 2 is 2.20 bits per heavy atom. The molecule has 1 aromatic carbocycles. The summed E-state index contributed by atoms with van der Waals surface area (Å²) in [5, 5.41) is 2.85. The number of benzene rings is 1. The van der Waals surface area contributed by atoms with E-state index in [-0.39, 0.29) is 5.91 Å². The van der Waals surface area contributed by atoms with Gasteiger partial charge in [-0.05, 0) is 42.3 Å². The lowest BCUT2D eigenvalue weighted by molar-refractivity contribution is 0.0950. The van der Waals surface area contributed by atoms with Gasteiger partial charge in [0.2, 0.25) is 0 Å². The van der Waals surface area contributed by atoms with Gasteiger partial charge in [-0.2, -0.15) is 0 Å². The van der Waals surface area contributed by atoms with Gasteiger partial charge in [-0.3, -0.25) is 9.78 Å². The number of methoxy groups -OCH3 is 1. The molecular formula is C15H17N3O2. The van der Waals surface area contributed by atoms with Gasteiger partial charge in [-0.15, -0.1) is 0 Å². The first-order valence-corrected chi connectivity index (χ1v) is 6.23. The fourth-order valence-corrected chi connectivity index (χ4v) is 1.81. The standard InChI is InChI=1S/C15H17N3O2/c1-10-5-6-17-8-12(10)9-18-15(19)11-3-4-13(16)14(7-11)20-2/h3-8H,9,16H2,1-2H3,(H,18,19). The zero-order chi connectivity index (χ0) is 14.5. The number of nitrogens with one attached hydrogen (secondary N) is 1. The van der Waals surface area contributed by atoms with Crippen LogP contribution in [0.25, 0.3) is 0 Å². The molecule has 0 saturated carbocycles. The molecule has 3 N–H and O–H groups in total. The minimum absolute atomic E-state index is 0.174. The van der Waals surface area contributed by atoms with Crippen molar-refractivity contribution in [2.45, 2.75) is 13.5 Å². The highest BCUT2D eigenvalue weighted by Crippen LogP contribution is 2.22. The number of carbonyl (C=O) groups excluding carboxylic acids is 1.